The number of rotatable bonds is 5. The lowest BCUT2D eigenvalue weighted by Gasteiger charge is -2.16. The van der Waals surface area contributed by atoms with Gasteiger partial charge in [0.15, 0.2) is 0 Å². The largest absolute Gasteiger partial charge is 0.481 e. The number of carboxylic acids is 1. The molecule has 2 heterocycles. The molecule has 1 aromatic carbocycles. The highest BCUT2D eigenvalue weighted by Gasteiger charge is 2.46. The number of carbonyl (C=O) groups is 2. The van der Waals surface area contributed by atoms with Crippen molar-refractivity contribution in [3.05, 3.63) is 41.2 Å². The summed E-state index contributed by atoms with van der Waals surface area (Å²) in [6, 6.07) is 7.35. The van der Waals surface area contributed by atoms with Crippen LogP contribution >= 0.6 is 0 Å². The van der Waals surface area contributed by atoms with E-state index >= 15 is 0 Å². The molecule has 1 N–H and O–H groups in total. The van der Waals surface area contributed by atoms with Gasteiger partial charge in [0.25, 0.3) is 5.91 Å². The molecule has 1 aliphatic carbocycles. The molecule has 2 aromatic rings. The van der Waals surface area contributed by atoms with Gasteiger partial charge in [-0.05, 0) is 59.7 Å². The average Bonchev–Trinajstić information content (AvgIpc) is 3.25. The van der Waals surface area contributed by atoms with Crippen molar-refractivity contribution in [2.75, 3.05) is 13.1 Å². The van der Waals surface area contributed by atoms with Gasteiger partial charge in [-0.2, -0.15) is 0 Å². The predicted molar refractivity (Wildman–Crippen MR) is 91.3 cm³/mol. The number of aliphatic carboxylic acids is 1. The Morgan fingerprint density at radius 1 is 1.19 bits per heavy atom. The Kier molecular flexibility index (Phi) is 4.18. The summed E-state index contributed by atoms with van der Waals surface area (Å²) >= 11 is 0. The molecular formula is C18H21N5O3. The normalized spacial score (nSPS) is 22.6. The fraction of sp³-hybridized carbons (Fsp3) is 0.500. The second-order valence-corrected chi connectivity index (χ2v) is 7.24. The Bertz CT molecular complexity index is 828. The average molecular weight is 355 g/mol. The van der Waals surface area contributed by atoms with Gasteiger partial charge in [-0.25, -0.2) is 4.68 Å². The first-order valence-electron chi connectivity index (χ1n) is 8.86. The van der Waals surface area contributed by atoms with Gasteiger partial charge >= 0.3 is 5.97 Å². The van der Waals surface area contributed by atoms with Crippen LogP contribution in [0.1, 0.15) is 34.6 Å². The first kappa shape index (κ1) is 16.7. The molecule has 0 radical (unpaired) electrons. The third-order valence-electron chi connectivity index (χ3n) is 5.44. The summed E-state index contributed by atoms with van der Waals surface area (Å²) in [5, 5.41) is 20.8. The fourth-order valence-corrected chi connectivity index (χ4v) is 3.76. The second kappa shape index (κ2) is 6.51. The predicted octanol–water partition coefficient (Wildman–Crippen LogP) is 1.21. The van der Waals surface area contributed by atoms with E-state index in [9.17, 15) is 14.7 Å². The lowest BCUT2D eigenvalue weighted by Crippen LogP contribution is -2.29. The van der Waals surface area contributed by atoms with Gasteiger partial charge in [0.2, 0.25) is 0 Å². The van der Waals surface area contributed by atoms with Crippen LogP contribution in [0.4, 0.5) is 0 Å². The van der Waals surface area contributed by atoms with E-state index in [1.165, 1.54) is 0 Å². The third-order valence-corrected chi connectivity index (χ3v) is 5.44. The minimum absolute atomic E-state index is 0.0930. The van der Waals surface area contributed by atoms with Crippen molar-refractivity contribution < 1.29 is 14.7 Å². The van der Waals surface area contributed by atoms with Crippen molar-refractivity contribution in [1.29, 1.82) is 0 Å². The topological polar surface area (TPSA) is 101 Å². The Labute approximate surface area is 150 Å². The molecule has 8 nitrogen and oxygen atoms in total. The molecule has 1 amide bonds. The van der Waals surface area contributed by atoms with Crippen molar-refractivity contribution in [2.24, 2.45) is 17.8 Å². The molecule has 1 saturated carbocycles. The van der Waals surface area contributed by atoms with Crippen LogP contribution in [0.15, 0.2) is 24.3 Å². The van der Waals surface area contributed by atoms with E-state index in [0.717, 1.165) is 24.2 Å². The van der Waals surface area contributed by atoms with Crippen LogP contribution < -0.4 is 0 Å². The molecule has 0 bridgehead atoms. The third kappa shape index (κ3) is 3.18. The van der Waals surface area contributed by atoms with Gasteiger partial charge in [-0.1, -0.05) is 12.1 Å². The van der Waals surface area contributed by atoms with E-state index in [0.29, 0.717) is 31.1 Å². The van der Waals surface area contributed by atoms with E-state index in [-0.39, 0.29) is 11.8 Å². The van der Waals surface area contributed by atoms with Crippen LogP contribution in [-0.2, 0) is 11.3 Å². The molecule has 8 heteroatoms. The number of likely N-dealkylation sites (tertiary alicyclic amines) is 1. The standard InChI is InChI=1S/C18H21N5O3/c1-11-19-20-21-23(11)8-12-2-4-14(5-3-12)17(24)22-9-15(13-6-7-13)16(10-22)18(25)26/h2-5,13,15-16H,6-10H2,1H3,(H,25,26)/t15-,16+/m1/s1. The summed E-state index contributed by atoms with van der Waals surface area (Å²) in [5.74, 6) is -0.0233. The highest BCUT2D eigenvalue weighted by molar-refractivity contribution is 5.95. The van der Waals surface area contributed by atoms with E-state index < -0.39 is 11.9 Å². The number of aryl methyl sites for hydroxylation is 1. The zero-order valence-electron chi connectivity index (χ0n) is 14.6. The zero-order chi connectivity index (χ0) is 18.3. The van der Waals surface area contributed by atoms with Crippen LogP contribution in [0.25, 0.3) is 0 Å². The summed E-state index contributed by atoms with van der Waals surface area (Å²) in [6.07, 6.45) is 2.17. The van der Waals surface area contributed by atoms with E-state index in [4.69, 9.17) is 0 Å². The maximum atomic E-state index is 12.8. The van der Waals surface area contributed by atoms with E-state index in [1.54, 1.807) is 21.7 Å². The van der Waals surface area contributed by atoms with Gasteiger partial charge < -0.3 is 10.0 Å². The highest BCUT2D eigenvalue weighted by Crippen LogP contribution is 2.44. The van der Waals surface area contributed by atoms with Crippen LogP contribution in [-0.4, -0.2) is 55.2 Å². The molecule has 0 unspecified atom stereocenters. The zero-order valence-corrected chi connectivity index (χ0v) is 14.6. The number of carbonyl (C=O) groups excluding carboxylic acids is 1. The van der Waals surface area contributed by atoms with Crippen LogP contribution in [0.5, 0.6) is 0 Å². The van der Waals surface area contributed by atoms with Gasteiger partial charge in [0.05, 0.1) is 12.5 Å². The SMILES string of the molecule is Cc1nnnn1Cc1ccc(C(=O)N2C[C@H](C(=O)O)[C@@H](C3CC3)C2)cc1. The first-order chi connectivity index (χ1) is 12.5. The first-order valence-corrected chi connectivity index (χ1v) is 8.86. The van der Waals surface area contributed by atoms with Crippen LogP contribution in [0.3, 0.4) is 0 Å². The number of nitrogens with zero attached hydrogens (tertiary/aromatic N) is 5. The number of amides is 1. The Morgan fingerprint density at radius 3 is 2.50 bits per heavy atom. The highest BCUT2D eigenvalue weighted by atomic mass is 16.4. The summed E-state index contributed by atoms with van der Waals surface area (Å²) in [6.45, 7) is 3.23. The lowest BCUT2D eigenvalue weighted by molar-refractivity contribution is -0.142. The molecule has 2 aliphatic rings. The molecule has 1 saturated heterocycles. The molecule has 2 fully saturated rings. The van der Waals surface area contributed by atoms with E-state index in [1.807, 2.05) is 19.1 Å². The van der Waals surface area contributed by atoms with Crippen molar-refractivity contribution in [1.82, 2.24) is 25.1 Å². The Morgan fingerprint density at radius 2 is 1.92 bits per heavy atom. The molecule has 26 heavy (non-hydrogen) atoms. The van der Waals surface area contributed by atoms with Gasteiger partial charge in [-0.15, -0.1) is 5.10 Å². The molecule has 1 aliphatic heterocycles. The van der Waals surface area contributed by atoms with Gasteiger partial charge in [0, 0.05) is 18.7 Å². The van der Waals surface area contributed by atoms with Crippen LogP contribution in [0, 0.1) is 24.7 Å². The minimum Gasteiger partial charge on any atom is -0.481 e. The van der Waals surface area contributed by atoms with Crippen molar-refractivity contribution >= 4 is 11.9 Å². The molecule has 136 valence electrons. The second-order valence-electron chi connectivity index (χ2n) is 7.24. The summed E-state index contributed by atoms with van der Waals surface area (Å²) < 4.78 is 1.69. The molecule has 1 aromatic heterocycles. The summed E-state index contributed by atoms with van der Waals surface area (Å²) in [5.41, 5.74) is 1.58. The van der Waals surface area contributed by atoms with Crippen molar-refractivity contribution in [3.63, 3.8) is 0 Å². The van der Waals surface area contributed by atoms with Gasteiger partial charge in [0.1, 0.15) is 5.82 Å². The Hall–Kier alpha value is -2.77. The van der Waals surface area contributed by atoms with E-state index in [2.05, 4.69) is 15.5 Å². The van der Waals surface area contributed by atoms with Gasteiger partial charge in [-0.3, -0.25) is 9.59 Å². The minimum atomic E-state index is -0.788. The van der Waals surface area contributed by atoms with Crippen molar-refractivity contribution in [2.45, 2.75) is 26.3 Å². The maximum absolute atomic E-state index is 12.8. The quantitative estimate of drug-likeness (QED) is 0.865. The van der Waals surface area contributed by atoms with Crippen LogP contribution in [0.2, 0.25) is 0 Å². The number of aromatic nitrogens is 4. The summed E-state index contributed by atoms with van der Waals surface area (Å²) in [7, 11) is 0. The molecular weight excluding hydrogens is 334 g/mol. The number of benzene rings is 1. The fourth-order valence-electron chi connectivity index (χ4n) is 3.76. The maximum Gasteiger partial charge on any atom is 0.308 e. The molecule has 2 atom stereocenters. The number of hydrogen-bond acceptors (Lipinski definition) is 5. The Balaban J connectivity index is 1.45. The molecule has 4 rings (SSSR count). The number of tetrazole rings is 1. The summed E-state index contributed by atoms with van der Waals surface area (Å²) in [4.78, 5) is 26.0. The monoisotopic (exact) mass is 355 g/mol. The lowest BCUT2D eigenvalue weighted by atomic mass is 9.92. The van der Waals surface area contributed by atoms with Crippen molar-refractivity contribution in [3.8, 4) is 0 Å². The number of carboxylic acid groups (broad SMARTS) is 1. The number of hydrogen-bond donors (Lipinski definition) is 1. The molecule has 0 spiro atoms. The smallest absolute Gasteiger partial charge is 0.308 e.